The predicted octanol–water partition coefficient (Wildman–Crippen LogP) is 3.03. The molecule has 0 spiro atoms. The first-order valence-corrected chi connectivity index (χ1v) is 9.88. The zero-order valence-electron chi connectivity index (χ0n) is 15.8. The van der Waals surface area contributed by atoms with Crippen LogP contribution in [0.25, 0.3) is 0 Å². The number of amides is 1. The van der Waals surface area contributed by atoms with Crippen LogP contribution in [0.15, 0.2) is 30.3 Å². The molecule has 0 saturated carbocycles. The number of hydrogen-bond acceptors (Lipinski definition) is 3. The fourth-order valence-corrected chi connectivity index (χ4v) is 4.44. The Kier molecular flexibility index (Phi) is 4.79. The molecule has 0 N–H and O–H groups in total. The SMILES string of the molecule is CC(C)Cc1nnc2n1CC1CCC(C2)N1C(=O)CCc1ccccc1. The van der Waals surface area contributed by atoms with Crippen molar-refractivity contribution in [3.8, 4) is 0 Å². The van der Waals surface area contributed by atoms with Gasteiger partial charge in [0.2, 0.25) is 5.91 Å². The first kappa shape index (κ1) is 17.3. The van der Waals surface area contributed by atoms with Crippen LogP contribution in [0, 0.1) is 5.92 Å². The highest BCUT2D eigenvalue weighted by Gasteiger charge is 2.40. The fraction of sp³-hybridized carbons (Fsp3) is 0.571. The molecule has 2 unspecified atom stereocenters. The van der Waals surface area contributed by atoms with Crippen molar-refractivity contribution in [1.29, 1.82) is 0 Å². The van der Waals surface area contributed by atoms with Crippen molar-refractivity contribution < 1.29 is 4.79 Å². The summed E-state index contributed by atoms with van der Waals surface area (Å²) in [6.45, 7) is 5.28. The highest BCUT2D eigenvalue weighted by molar-refractivity contribution is 5.77. The monoisotopic (exact) mass is 352 g/mol. The van der Waals surface area contributed by atoms with E-state index in [9.17, 15) is 4.79 Å². The first-order valence-electron chi connectivity index (χ1n) is 9.88. The lowest BCUT2D eigenvalue weighted by molar-refractivity contribution is -0.134. The minimum atomic E-state index is 0.292. The van der Waals surface area contributed by atoms with Crippen molar-refractivity contribution in [1.82, 2.24) is 19.7 Å². The lowest BCUT2D eigenvalue weighted by atomic mass is 10.1. The molecule has 2 aromatic rings. The van der Waals surface area contributed by atoms with Crippen LogP contribution >= 0.6 is 0 Å². The maximum absolute atomic E-state index is 13.0. The normalized spacial score (nSPS) is 21.7. The Morgan fingerprint density at radius 3 is 2.69 bits per heavy atom. The predicted molar refractivity (Wildman–Crippen MR) is 101 cm³/mol. The Balaban J connectivity index is 1.47. The molecule has 26 heavy (non-hydrogen) atoms. The lowest BCUT2D eigenvalue weighted by Gasteiger charge is -2.28. The number of nitrogens with zero attached hydrogens (tertiary/aromatic N) is 4. The average molecular weight is 352 g/mol. The second-order valence-corrected chi connectivity index (χ2v) is 8.12. The van der Waals surface area contributed by atoms with Crippen molar-refractivity contribution in [2.75, 3.05) is 0 Å². The van der Waals surface area contributed by atoms with Crippen molar-refractivity contribution in [2.45, 2.75) is 71.0 Å². The molecule has 1 amide bonds. The van der Waals surface area contributed by atoms with Gasteiger partial charge in [-0.15, -0.1) is 10.2 Å². The van der Waals surface area contributed by atoms with E-state index in [1.165, 1.54) is 5.56 Å². The summed E-state index contributed by atoms with van der Waals surface area (Å²) in [4.78, 5) is 15.2. The van der Waals surface area contributed by atoms with E-state index >= 15 is 0 Å². The fourth-order valence-electron chi connectivity index (χ4n) is 4.44. The second kappa shape index (κ2) is 7.22. The highest BCUT2D eigenvalue weighted by Crippen LogP contribution is 2.32. The van der Waals surface area contributed by atoms with E-state index in [0.29, 0.717) is 30.3 Å². The van der Waals surface area contributed by atoms with Gasteiger partial charge in [-0.1, -0.05) is 44.2 Å². The standard InChI is InChI=1S/C21H28N4O/c1-15(2)12-19-22-23-20-13-17-9-10-18(14-24(19)20)25(17)21(26)11-8-16-6-4-3-5-7-16/h3-7,15,17-18H,8-14H2,1-2H3. The second-order valence-electron chi connectivity index (χ2n) is 8.12. The molecule has 0 radical (unpaired) electrons. The molecule has 1 aromatic carbocycles. The number of aromatic nitrogens is 3. The summed E-state index contributed by atoms with van der Waals surface area (Å²) in [5.41, 5.74) is 1.24. The number of rotatable bonds is 5. The van der Waals surface area contributed by atoms with Crippen molar-refractivity contribution in [2.24, 2.45) is 5.92 Å². The summed E-state index contributed by atoms with van der Waals surface area (Å²) >= 11 is 0. The minimum absolute atomic E-state index is 0.292. The van der Waals surface area contributed by atoms with Crippen LogP contribution in [0.4, 0.5) is 0 Å². The summed E-state index contributed by atoms with van der Waals surface area (Å²) in [5, 5.41) is 8.88. The Morgan fingerprint density at radius 1 is 1.15 bits per heavy atom. The number of carbonyl (C=O) groups is 1. The van der Waals surface area contributed by atoms with E-state index in [1.54, 1.807) is 0 Å². The first-order chi connectivity index (χ1) is 12.6. The highest BCUT2D eigenvalue weighted by atomic mass is 16.2. The third-order valence-corrected chi connectivity index (χ3v) is 5.68. The smallest absolute Gasteiger partial charge is 0.223 e. The molecular formula is C21H28N4O. The number of carbonyl (C=O) groups excluding carboxylic acids is 1. The van der Waals surface area contributed by atoms with Gasteiger partial charge in [0.15, 0.2) is 0 Å². The summed E-state index contributed by atoms with van der Waals surface area (Å²) in [6, 6.07) is 10.9. The molecule has 3 heterocycles. The lowest BCUT2D eigenvalue weighted by Crippen LogP contribution is -2.42. The van der Waals surface area contributed by atoms with Crippen LogP contribution in [-0.4, -0.2) is 37.7 Å². The molecule has 138 valence electrons. The molecule has 1 aromatic heterocycles. The molecule has 2 atom stereocenters. The quantitative estimate of drug-likeness (QED) is 0.831. The molecular weight excluding hydrogens is 324 g/mol. The molecule has 1 saturated heterocycles. The van der Waals surface area contributed by atoms with Gasteiger partial charge in [-0.05, 0) is 30.7 Å². The van der Waals surface area contributed by atoms with Gasteiger partial charge in [0.05, 0.1) is 6.04 Å². The van der Waals surface area contributed by atoms with Crippen molar-refractivity contribution in [3.63, 3.8) is 0 Å². The van der Waals surface area contributed by atoms with Gasteiger partial charge in [0.25, 0.3) is 0 Å². The van der Waals surface area contributed by atoms with Gasteiger partial charge in [0, 0.05) is 31.8 Å². The van der Waals surface area contributed by atoms with E-state index in [-0.39, 0.29) is 0 Å². The molecule has 1 fully saturated rings. The number of benzene rings is 1. The van der Waals surface area contributed by atoms with E-state index in [4.69, 9.17) is 0 Å². The number of aryl methyl sites for hydroxylation is 1. The molecule has 5 heteroatoms. The van der Waals surface area contributed by atoms with Crippen LogP contribution in [0.3, 0.4) is 0 Å². The summed E-state index contributed by atoms with van der Waals surface area (Å²) in [5.74, 6) is 3.01. The topological polar surface area (TPSA) is 51.0 Å². The molecule has 2 aliphatic heterocycles. The van der Waals surface area contributed by atoms with E-state index in [0.717, 1.165) is 50.3 Å². The molecule has 2 aliphatic rings. The third-order valence-electron chi connectivity index (χ3n) is 5.68. The van der Waals surface area contributed by atoms with Gasteiger partial charge < -0.3 is 9.47 Å². The maximum atomic E-state index is 13.0. The summed E-state index contributed by atoms with van der Waals surface area (Å²) in [6.07, 6.45) is 5.40. The van der Waals surface area contributed by atoms with E-state index in [2.05, 4.69) is 45.6 Å². The van der Waals surface area contributed by atoms with E-state index in [1.807, 2.05) is 18.2 Å². The largest absolute Gasteiger partial charge is 0.334 e. The Morgan fingerprint density at radius 2 is 1.92 bits per heavy atom. The van der Waals surface area contributed by atoms with Gasteiger partial charge in [-0.25, -0.2) is 0 Å². The average Bonchev–Trinajstić information content (AvgIpc) is 3.12. The molecule has 4 rings (SSSR count). The Hall–Kier alpha value is -2.17. The van der Waals surface area contributed by atoms with Crippen LogP contribution in [-0.2, 0) is 30.6 Å². The van der Waals surface area contributed by atoms with Crippen LogP contribution < -0.4 is 0 Å². The summed E-state index contributed by atoms with van der Waals surface area (Å²) in [7, 11) is 0. The van der Waals surface area contributed by atoms with Gasteiger partial charge in [-0.3, -0.25) is 4.79 Å². The van der Waals surface area contributed by atoms with E-state index < -0.39 is 0 Å². The van der Waals surface area contributed by atoms with Crippen LogP contribution in [0.1, 0.15) is 50.3 Å². The zero-order chi connectivity index (χ0) is 18.1. The molecule has 0 aliphatic carbocycles. The minimum Gasteiger partial charge on any atom is -0.334 e. The van der Waals surface area contributed by atoms with Gasteiger partial charge >= 0.3 is 0 Å². The summed E-state index contributed by atoms with van der Waals surface area (Å²) < 4.78 is 2.29. The van der Waals surface area contributed by atoms with Gasteiger partial charge in [-0.2, -0.15) is 0 Å². The van der Waals surface area contributed by atoms with Gasteiger partial charge in [0.1, 0.15) is 11.6 Å². The van der Waals surface area contributed by atoms with Crippen LogP contribution in [0.5, 0.6) is 0 Å². The molecule has 5 nitrogen and oxygen atoms in total. The third kappa shape index (κ3) is 3.39. The van der Waals surface area contributed by atoms with Crippen molar-refractivity contribution >= 4 is 5.91 Å². The maximum Gasteiger partial charge on any atom is 0.223 e. The molecule has 2 bridgehead atoms. The van der Waals surface area contributed by atoms with Crippen molar-refractivity contribution in [3.05, 3.63) is 47.5 Å². The number of hydrogen-bond donors (Lipinski definition) is 0. The Labute approximate surface area is 155 Å². The number of fused-ring (bicyclic) bond motifs is 3. The van der Waals surface area contributed by atoms with Crippen LogP contribution in [0.2, 0.25) is 0 Å². The zero-order valence-corrected chi connectivity index (χ0v) is 15.8. The Bertz CT molecular complexity index is 768.